The minimum atomic E-state index is -1.74. The van der Waals surface area contributed by atoms with Crippen molar-refractivity contribution in [2.45, 2.75) is 38.7 Å². The first-order valence-corrected chi connectivity index (χ1v) is 6.52. The number of fused-ring (bicyclic) bond motifs is 1. The third-order valence-electron chi connectivity index (χ3n) is 3.68. The molecule has 0 radical (unpaired) electrons. The van der Waals surface area contributed by atoms with E-state index in [1.54, 1.807) is 26.0 Å². The molecule has 19 heavy (non-hydrogen) atoms. The van der Waals surface area contributed by atoms with Gasteiger partial charge in [0.25, 0.3) is 0 Å². The summed E-state index contributed by atoms with van der Waals surface area (Å²) in [5, 5.41) is 9.24. The van der Waals surface area contributed by atoms with Gasteiger partial charge in [0.05, 0.1) is 0 Å². The van der Waals surface area contributed by atoms with E-state index >= 15 is 0 Å². The van der Waals surface area contributed by atoms with Crippen LogP contribution in [-0.4, -0.2) is 22.4 Å². The van der Waals surface area contributed by atoms with Crippen LogP contribution >= 0.6 is 0 Å². The molecule has 0 aliphatic heterocycles. The van der Waals surface area contributed by atoms with Gasteiger partial charge in [0.15, 0.2) is 5.78 Å². The first-order valence-electron chi connectivity index (χ1n) is 6.52. The largest absolute Gasteiger partial charge is 0.295 e. The Balaban J connectivity index is 2.53. The third kappa shape index (κ3) is 2.22. The van der Waals surface area contributed by atoms with Gasteiger partial charge in [0, 0.05) is 11.5 Å². The average Bonchev–Trinajstić information content (AvgIpc) is 2.56. The molecule has 0 aromatic heterocycles. The summed E-state index contributed by atoms with van der Waals surface area (Å²) in [5.74, 6) is -1.17. The maximum absolute atomic E-state index is 12.6. The Kier molecular flexibility index (Phi) is 3.83. The molecule has 1 unspecified atom stereocenters. The minimum Gasteiger partial charge on any atom is -0.295 e. The molecule has 102 valence electrons. The zero-order chi connectivity index (χ0) is 14.0. The zero-order valence-corrected chi connectivity index (χ0v) is 11.2. The lowest BCUT2D eigenvalue weighted by molar-refractivity contribution is -0.296. The van der Waals surface area contributed by atoms with Crippen molar-refractivity contribution in [2.75, 3.05) is 0 Å². The summed E-state index contributed by atoms with van der Waals surface area (Å²) >= 11 is 0. The highest BCUT2D eigenvalue weighted by Gasteiger charge is 2.50. The lowest BCUT2D eigenvalue weighted by atomic mass is 9.82. The van der Waals surface area contributed by atoms with Crippen LogP contribution in [0.25, 0.3) is 0 Å². The fourth-order valence-corrected chi connectivity index (χ4v) is 2.65. The SMILES string of the molecule is CC(C)C(=O)C1(OO)CCCc2ccccc2C1=O. The smallest absolute Gasteiger partial charge is 0.223 e. The van der Waals surface area contributed by atoms with E-state index in [1.165, 1.54) is 0 Å². The predicted molar refractivity (Wildman–Crippen MR) is 70.0 cm³/mol. The first kappa shape index (κ1) is 13.9. The summed E-state index contributed by atoms with van der Waals surface area (Å²) in [6.07, 6.45) is 1.55. The molecule has 1 aliphatic rings. The Morgan fingerprint density at radius 3 is 2.68 bits per heavy atom. The van der Waals surface area contributed by atoms with Gasteiger partial charge in [0.2, 0.25) is 11.4 Å². The highest BCUT2D eigenvalue weighted by molar-refractivity contribution is 6.18. The van der Waals surface area contributed by atoms with Crippen LogP contribution in [0.3, 0.4) is 0 Å². The quantitative estimate of drug-likeness (QED) is 0.393. The fraction of sp³-hybridized carbons (Fsp3) is 0.467. The van der Waals surface area contributed by atoms with E-state index in [4.69, 9.17) is 0 Å². The molecule has 1 aromatic carbocycles. The Hall–Kier alpha value is -1.52. The van der Waals surface area contributed by atoms with Crippen LogP contribution in [0, 0.1) is 5.92 Å². The second-order valence-electron chi connectivity index (χ2n) is 5.28. The highest BCUT2D eigenvalue weighted by Crippen LogP contribution is 2.32. The number of aryl methyl sites for hydroxylation is 1. The van der Waals surface area contributed by atoms with Crippen molar-refractivity contribution in [1.29, 1.82) is 0 Å². The Bertz CT molecular complexity index is 507. The Labute approximate surface area is 112 Å². The summed E-state index contributed by atoms with van der Waals surface area (Å²) in [6.45, 7) is 3.40. The summed E-state index contributed by atoms with van der Waals surface area (Å²) in [6, 6.07) is 7.18. The lowest BCUT2D eigenvalue weighted by Gasteiger charge is -2.27. The minimum absolute atomic E-state index is 0.216. The molecule has 0 amide bonds. The summed E-state index contributed by atoms with van der Waals surface area (Å²) < 4.78 is 0. The van der Waals surface area contributed by atoms with Crippen molar-refractivity contribution in [3.8, 4) is 0 Å². The number of benzene rings is 1. The lowest BCUT2D eigenvalue weighted by Crippen LogP contribution is -2.50. The molecular formula is C15H18O4. The van der Waals surface area contributed by atoms with Crippen molar-refractivity contribution in [2.24, 2.45) is 5.92 Å². The highest BCUT2D eigenvalue weighted by atomic mass is 17.1. The van der Waals surface area contributed by atoms with Crippen LogP contribution in [0.4, 0.5) is 0 Å². The van der Waals surface area contributed by atoms with Gasteiger partial charge in [-0.05, 0) is 24.8 Å². The summed E-state index contributed by atoms with van der Waals surface area (Å²) in [7, 11) is 0. The maximum Gasteiger partial charge on any atom is 0.223 e. The number of carbonyl (C=O) groups excluding carboxylic acids is 2. The van der Waals surface area contributed by atoms with Gasteiger partial charge >= 0.3 is 0 Å². The van der Waals surface area contributed by atoms with Crippen LogP contribution in [0.5, 0.6) is 0 Å². The van der Waals surface area contributed by atoms with Crippen molar-refractivity contribution in [1.82, 2.24) is 0 Å². The number of rotatable bonds is 3. The molecule has 0 saturated heterocycles. The molecule has 0 heterocycles. The van der Waals surface area contributed by atoms with E-state index in [2.05, 4.69) is 4.89 Å². The number of Topliss-reactive ketones (excluding diaryl/α,β-unsaturated/α-hetero) is 2. The van der Waals surface area contributed by atoms with E-state index in [1.807, 2.05) is 12.1 Å². The molecule has 0 spiro atoms. The molecule has 2 rings (SSSR count). The number of carbonyl (C=O) groups is 2. The molecule has 1 aromatic rings. The maximum atomic E-state index is 12.6. The predicted octanol–water partition coefficient (Wildman–Crippen LogP) is 2.66. The van der Waals surface area contributed by atoms with Gasteiger partial charge in [-0.1, -0.05) is 38.1 Å². The van der Waals surface area contributed by atoms with Gasteiger partial charge in [-0.3, -0.25) is 14.8 Å². The molecule has 0 bridgehead atoms. The van der Waals surface area contributed by atoms with Gasteiger partial charge in [-0.25, -0.2) is 4.89 Å². The normalized spacial score (nSPS) is 23.1. The second-order valence-corrected chi connectivity index (χ2v) is 5.28. The summed E-state index contributed by atoms with van der Waals surface area (Å²) in [4.78, 5) is 29.4. The van der Waals surface area contributed by atoms with E-state index in [-0.39, 0.29) is 18.1 Å². The van der Waals surface area contributed by atoms with Crippen molar-refractivity contribution < 1.29 is 19.7 Å². The van der Waals surface area contributed by atoms with Crippen LogP contribution in [0.2, 0.25) is 0 Å². The van der Waals surface area contributed by atoms with Crippen LogP contribution in [0.1, 0.15) is 42.6 Å². The number of hydrogen-bond acceptors (Lipinski definition) is 4. The molecule has 1 aliphatic carbocycles. The standard InChI is InChI=1S/C15H18O4/c1-10(2)13(16)15(19-18)9-5-7-11-6-3-4-8-12(11)14(15)17/h3-4,6,8,10,18H,5,7,9H2,1-2H3. The van der Waals surface area contributed by atoms with Crippen LogP contribution < -0.4 is 0 Å². The van der Waals surface area contributed by atoms with E-state index in [0.717, 1.165) is 5.56 Å². The average molecular weight is 262 g/mol. The third-order valence-corrected chi connectivity index (χ3v) is 3.68. The molecule has 4 heteroatoms. The molecule has 0 saturated carbocycles. The Morgan fingerprint density at radius 2 is 2.05 bits per heavy atom. The van der Waals surface area contributed by atoms with Crippen LogP contribution in [-0.2, 0) is 16.1 Å². The first-order chi connectivity index (χ1) is 9.03. The van der Waals surface area contributed by atoms with E-state index in [9.17, 15) is 14.8 Å². The van der Waals surface area contributed by atoms with Gasteiger partial charge in [-0.2, -0.15) is 0 Å². The Morgan fingerprint density at radius 1 is 1.37 bits per heavy atom. The monoisotopic (exact) mass is 262 g/mol. The van der Waals surface area contributed by atoms with Gasteiger partial charge < -0.3 is 0 Å². The molecule has 4 nitrogen and oxygen atoms in total. The molecular weight excluding hydrogens is 244 g/mol. The molecule has 0 fully saturated rings. The van der Waals surface area contributed by atoms with Gasteiger partial charge in [0.1, 0.15) is 0 Å². The zero-order valence-electron chi connectivity index (χ0n) is 11.2. The topological polar surface area (TPSA) is 63.6 Å². The van der Waals surface area contributed by atoms with Crippen LogP contribution in [0.15, 0.2) is 24.3 Å². The second kappa shape index (κ2) is 5.23. The van der Waals surface area contributed by atoms with Crippen molar-refractivity contribution in [3.63, 3.8) is 0 Å². The number of hydrogen-bond donors (Lipinski definition) is 1. The molecule has 1 N–H and O–H groups in total. The number of ketones is 2. The molecule has 1 atom stereocenters. The van der Waals surface area contributed by atoms with Crippen molar-refractivity contribution in [3.05, 3.63) is 35.4 Å². The summed E-state index contributed by atoms with van der Waals surface area (Å²) in [5.41, 5.74) is -0.355. The van der Waals surface area contributed by atoms with Gasteiger partial charge in [-0.15, -0.1) is 0 Å². The van der Waals surface area contributed by atoms with E-state index < -0.39 is 11.4 Å². The van der Waals surface area contributed by atoms with E-state index in [0.29, 0.717) is 18.4 Å². The van der Waals surface area contributed by atoms with Crippen molar-refractivity contribution >= 4 is 11.6 Å². The fourth-order valence-electron chi connectivity index (χ4n) is 2.65.